The van der Waals surface area contributed by atoms with Gasteiger partial charge in [-0.2, -0.15) is 0 Å². The molecule has 7 heavy (non-hydrogen) atoms. The molecule has 1 saturated heterocycles. The van der Waals surface area contributed by atoms with Gasteiger partial charge in [-0.05, 0) is 21.3 Å². The van der Waals surface area contributed by atoms with Gasteiger partial charge in [0, 0.05) is 0 Å². The zero-order valence-electron chi connectivity index (χ0n) is 4.05. The van der Waals surface area contributed by atoms with Crippen LogP contribution in [0.5, 0.6) is 0 Å². The Morgan fingerprint density at radius 2 is 2.57 bits per heavy atom. The first-order valence-electron chi connectivity index (χ1n) is 2.31. The van der Waals surface area contributed by atoms with E-state index in [0.29, 0.717) is 8.73 Å². The fraction of sp³-hybridized carbons (Fsp3) is 1.00. The maximum Gasteiger partial charge on any atom is 0.0709 e. The lowest BCUT2D eigenvalue weighted by atomic mass is 10.5. The van der Waals surface area contributed by atoms with E-state index in [1.54, 1.807) is 0 Å². The highest BCUT2D eigenvalue weighted by atomic mass is 31.1. The van der Waals surface area contributed by atoms with Crippen LogP contribution in [0.15, 0.2) is 0 Å². The zero-order chi connectivity index (χ0) is 5.11. The van der Waals surface area contributed by atoms with Gasteiger partial charge in [0.1, 0.15) is 0 Å². The van der Waals surface area contributed by atoms with Crippen LogP contribution in [0.3, 0.4) is 0 Å². The number of nitrogens with two attached hydrogens (primary N) is 1. The van der Waals surface area contributed by atoms with Crippen LogP contribution in [-0.2, 0) is 4.84 Å². The Hall–Kier alpha value is 0.310. The molecule has 0 bridgehead atoms. The molecule has 1 aliphatic rings. The first-order chi connectivity index (χ1) is 3.39. The van der Waals surface area contributed by atoms with Crippen LogP contribution in [0.1, 0.15) is 6.42 Å². The van der Waals surface area contributed by atoms with Gasteiger partial charge in [0.25, 0.3) is 0 Å². The summed E-state index contributed by atoms with van der Waals surface area (Å²) in [6.07, 6.45) is 2.35. The zero-order valence-corrected chi connectivity index (χ0v) is 5.05. The largest absolute Gasteiger partial charge is 0.281 e. The molecule has 4 heteroatoms. The highest BCUT2D eigenvalue weighted by molar-refractivity contribution is 7.34. The highest BCUT2D eigenvalue weighted by Gasteiger charge is 2.03. The molecule has 0 aromatic heterocycles. The van der Waals surface area contributed by atoms with Crippen LogP contribution < -0.4 is 5.84 Å². The van der Waals surface area contributed by atoms with E-state index in [9.17, 15) is 0 Å². The molecule has 1 fully saturated rings. The fourth-order valence-corrected chi connectivity index (χ4v) is 1.18. The SMILES string of the molecule is NN1OCCCP1. The molecule has 1 rings (SSSR count). The van der Waals surface area contributed by atoms with Crippen molar-refractivity contribution in [3.8, 4) is 0 Å². The lowest BCUT2D eigenvalue weighted by molar-refractivity contribution is -0.0878. The van der Waals surface area contributed by atoms with Crippen LogP contribution in [0.4, 0.5) is 0 Å². The Balaban J connectivity index is 2.12. The lowest BCUT2D eigenvalue weighted by Gasteiger charge is -2.19. The number of rotatable bonds is 0. The van der Waals surface area contributed by atoms with E-state index < -0.39 is 0 Å². The molecule has 2 N–H and O–H groups in total. The molecule has 0 aromatic carbocycles. The summed E-state index contributed by atoms with van der Waals surface area (Å²) in [5.41, 5.74) is 0. The van der Waals surface area contributed by atoms with E-state index in [1.165, 1.54) is 11.1 Å². The lowest BCUT2D eigenvalue weighted by Crippen LogP contribution is -2.26. The number of hydrogen-bond donors (Lipinski definition) is 1. The predicted molar refractivity (Wildman–Crippen MR) is 29.8 cm³/mol. The number of hydrazine groups is 1. The van der Waals surface area contributed by atoms with Crippen molar-refractivity contribution in [1.82, 2.24) is 4.94 Å². The molecular weight excluding hydrogens is 111 g/mol. The Kier molecular flexibility index (Phi) is 2.00. The average Bonchev–Trinajstić information content (AvgIpc) is 1.69. The molecule has 0 aliphatic carbocycles. The van der Waals surface area contributed by atoms with Gasteiger partial charge < -0.3 is 0 Å². The minimum Gasteiger partial charge on any atom is -0.281 e. The summed E-state index contributed by atoms with van der Waals surface area (Å²) >= 11 is 0. The maximum absolute atomic E-state index is 5.26. The third kappa shape index (κ3) is 1.70. The molecular formula is C3H9N2OP. The second-order valence-electron chi connectivity index (χ2n) is 1.42. The molecule has 0 spiro atoms. The molecule has 1 unspecified atom stereocenters. The van der Waals surface area contributed by atoms with E-state index in [-0.39, 0.29) is 0 Å². The summed E-state index contributed by atoms with van der Waals surface area (Å²) in [4.78, 5) is 6.32. The van der Waals surface area contributed by atoms with Crippen molar-refractivity contribution in [1.29, 1.82) is 0 Å². The van der Waals surface area contributed by atoms with Gasteiger partial charge in [-0.15, -0.1) is 4.94 Å². The molecule has 0 amide bonds. The van der Waals surface area contributed by atoms with Crippen LogP contribution in [0.25, 0.3) is 0 Å². The van der Waals surface area contributed by atoms with Crippen LogP contribution in [0.2, 0.25) is 0 Å². The Morgan fingerprint density at radius 1 is 1.71 bits per heavy atom. The highest BCUT2D eigenvalue weighted by Crippen LogP contribution is 2.18. The van der Waals surface area contributed by atoms with Gasteiger partial charge in [0.2, 0.25) is 0 Å². The summed E-state index contributed by atoms with van der Waals surface area (Å²) in [6, 6.07) is 0. The standard InChI is InChI=1S/C3H9N2OP/c4-5-6-2-1-3-7-5/h7H,1-4H2. The van der Waals surface area contributed by atoms with E-state index in [0.717, 1.165) is 13.0 Å². The summed E-state index contributed by atoms with van der Waals surface area (Å²) in [5, 5.41) is 0. The normalized spacial score (nSPS) is 28.7. The van der Waals surface area contributed by atoms with Gasteiger partial charge in [0.05, 0.1) is 6.61 Å². The van der Waals surface area contributed by atoms with E-state index in [2.05, 4.69) is 0 Å². The van der Waals surface area contributed by atoms with Gasteiger partial charge in [-0.25, -0.2) is 5.84 Å². The van der Waals surface area contributed by atoms with Gasteiger partial charge >= 0.3 is 0 Å². The first kappa shape index (κ1) is 5.45. The quantitative estimate of drug-likeness (QED) is 0.363. The van der Waals surface area contributed by atoms with Crippen molar-refractivity contribution in [2.45, 2.75) is 6.42 Å². The number of nitrogens with zero attached hydrogens (tertiary/aromatic N) is 1. The second-order valence-corrected chi connectivity index (χ2v) is 2.68. The third-order valence-electron chi connectivity index (χ3n) is 0.819. The number of hydrogen-bond acceptors (Lipinski definition) is 3. The fourth-order valence-electron chi connectivity index (χ4n) is 0.470. The second kappa shape index (κ2) is 2.58. The average molecular weight is 120 g/mol. The molecule has 1 atom stereocenters. The molecule has 0 saturated carbocycles. The predicted octanol–water partition coefficient (Wildman–Crippen LogP) is 0.0909. The van der Waals surface area contributed by atoms with Crippen LogP contribution >= 0.6 is 8.73 Å². The van der Waals surface area contributed by atoms with Crippen molar-refractivity contribution in [3.05, 3.63) is 0 Å². The van der Waals surface area contributed by atoms with Gasteiger partial charge in [-0.3, -0.25) is 4.84 Å². The van der Waals surface area contributed by atoms with Crippen LogP contribution in [-0.4, -0.2) is 17.7 Å². The molecule has 42 valence electrons. The van der Waals surface area contributed by atoms with E-state index in [4.69, 9.17) is 10.7 Å². The summed E-state index contributed by atoms with van der Waals surface area (Å²) in [6.45, 7) is 0.795. The molecule has 0 radical (unpaired) electrons. The summed E-state index contributed by atoms with van der Waals surface area (Å²) in [5.74, 6) is 5.26. The van der Waals surface area contributed by atoms with Crippen molar-refractivity contribution in [2.75, 3.05) is 12.8 Å². The van der Waals surface area contributed by atoms with Crippen molar-refractivity contribution >= 4 is 8.73 Å². The molecule has 0 aromatic rings. The van der Waals surface area contributed by atoms with Crippen molar-refractivity contribution in [3.63, 3.8) is 0 Å². The molecule has 1 aliphatic heterocycles. The third-order valence-corrected chi connectivity index (χ3v) is 1.84. The Bertz CT molecular complexity index is 54.9. The maximum atomic E-state index is 5.26. The van der Waals surface area contributed by atoms with Crippen molar-refractivity contribution < 1.29 is 4.84 Å². The summed E-state index contributed by atoms with van der Waals surface area (Å²) < 4.78 is 0. The Labute approximate surface area is 44.6 Å². The smallest absolute Gasteiger partial charge is 0.0709 e. The van der Waals surface area contributed by atoms with E-state index >= 15 is 0 Å². The first-order valence-corrected chi connectivity index (χ1v) is 3.46. The van der Waals surface area contributed by atoms with Gasteiger partial charge in [0.15, 0.2) is 0 Å². The van der Waals surface area contributed by atoms with E-state index in [1.807, 2.05) is 0 Å². The van der Waals surface area contributed by atoms with Crippen molar-refractivity contribution in [2.24, 2.45) is 5.84 Å². The van der Waals surface area contributed by atoms with Gasteiger partial charge in [-0.1, -0.05) is 0 Å². The monoisotopic (exact) mass is 120 g/mol. The van der Waals surface area contributed by atoms with Crippen LogP contribution in [0, 0.1) is 0 Å². The minimum absolute atomic E-state index is 0.664. The topological polar surface area (TPSA) is 38.5 Å². The summed E-state index contributed by atoms with van der Waals surface area (Å²) in [7, 11) is 0.664. The minimum atomic E-state index is 0.664. The Morgan fingerprint density at radius 3 is 2.86 bits per heavy atom. The molecule has 3 nitrogen and oxygen atoms in total. The molecule has 1 heterocycles.